The first-order valence-corrected chi connectivity index (χ1v) is 5.67. The number of benzene rings is 2. The molecule has 0 saturated heterocycles. The molecule has 0 aliphatic heterocycles. The third kappa shape index (κ3) is 5.27. The monoisotopic (exact) mass is 244 g/mol. The Morgan fingerprint density at radius 2 is 1.39 bits per heavy atom. The zero-order valence-electron chi connectivity index (χ0n) is 9.99. The zero-order chi connectivity index (χ0) is 13.2. The minimum atomic E-state index is -0.879. The van der Waals surface area contributed by atoms with Crippen LogP contribution < -0.4 is 0 Å². The fourth-order valence-corrected chi connectivity index (χ4v) is 1.35. The Labute approximate surface area is 106 Å². The van der Waals surface area contributed by atoms with E-state index in [0.29, 0.717) is 5.56 Å². The van der Waals surface area contributed by atoms with Crippen molar-refractivity contribution in [3.05, 3.63) is 71.8 Å². The van der Waals surface area contributed by atoms with Crippen molar-refractivity contribution in [1.82, 2.24) is 0 Å². The minimum Gasteiger partial charge on any atom is -0.478 e. The van der Waals surface area contributed by atoms with Gasteiger partial charge >= 0.3 is 5.97 Å². The van der Waals surface area contributed by atoms with Crippen LogP contribution >= 0.6 is 0 Å². The number of hydrogen-bond donors (Lipinski definition) is 2. The molecule has 0 fully saturated rings. The van der Waals surface area contributed by atoms with Crippen molar-refractivity contribution >= 4 is 5.97 Å². The van der Waals surface area contributed by atoms with Crippen LogP contribution in [-0.2, 0) is 6.42 Å². The van der Waals surface area contributed by atoms with Crippen LogP contribution in [0, 0.1) is 0 Å². The molecule has 0 amide bonds. The van der Waals surface area contributed by atoms with Crippen LogP contribution in [0.4, 0.5) is 0 Å². The van der Waals surface area contributed by atoms with Gasteiger partial charge in [-0.25, -0.2) is 4.79 Å². The number of aliphatic hydroxyl groups is 1. The third-order valence-electron chi connectivity index (χ3n) is 2.26. The summed E-state index contributed by atoms with van der Waals surface area (Å²) in [7, 11) is 0. The maximum absolute atomic E-state index is 10.2. The lowest BCUT2D eigenvalue weighted by Gasteiger charge is -1.93. The molecule has 0 aromatic heterocycles. The van der Waals surface area contributed by atoms with E-state index in [1.54, 1.807) is 30.3 Å². The van der Waals surface area contributed by atoms with Gasteiger partial charge in [-0.3, -0.25) is 0 Å². The molecule has 0 spiro atoms. The number of rotatable bonds is 3. The van der Waals surface area contributed by atoms with Crippen molar-refractivity contribution in [2.45, 2.75) is 6.42 Å². The van der Waals surface area contributed by atoms with E-state index in [2.05, 4.69) is 0 Å². The SMILES string of the molecule is O=C(O)c1ccccc1.OCCc1ccccc1. The molecular formula is C15H16O3. The molecule has 0 heterocycles. The van der Waals surface area contributed by atoms with Gasteiger partial charge in [-0.05, 0) is 24.1 Å². The van der Waals surface area contributed by atoms with Crippen molar-refractivity contribution in [1.29, 1.82) is 0 Å². The van der Waals surface area contributed by atoms with Crippen molar-refractivity contribution in [3.63, 3.8) is 0 Å². The second-order valence-corrected chi connectivity index (χ2v) is 3.63. The second kappa shape index (κ2) is 8.03. The van der Waals surface area contributed by atoms with Gasteiger partial charge in [0.2, 0.25) is 0 Å². The van der Waals surface area contributed by atoms with Gasteiger partial charge in [0.1, 0.15) is 0 Å². The van der Waals surface area contributed by atoms with E-state index in [9.17, 15) is 4.79 Å². The maximum atomic E-state index is 10.2. The molecule has 18 heavy (non-hydrogen) atoms. The first-order valence-electron chi connectivity index (χ1n) is 5.67. The molecule has 0 unspecified atom stereocenters. The predicted octanol–water partition coefficient (Wildman–Crippen LogP) is 2.61. The number of carbonyl (C=O) groups is 1. The molecule has 94 valence electrons. The molecule has 2 aromatic rings. The summed E-state index contributed by atoms with van der Waals surface area (Å²) < 4.78 is 0. The van der Waals surface area contributed by atoms with E-state index < -0.39 is 5.97 Å². The summed E-state index contributed by atoms with van der Waals surface area (Å²) >= 11 is 0. The molecule has 3 heteroatoms. The van der Waals surface area contributed by atoms with Crippen molar-refractivity contribution in [2.24, 2.45) is 0 Å². The minimum absolute atomic E-state index is 0.240. The Morgan fingerprint density at radius 3 is 1.78 bits per heavy atom. The highest BCUT2D eigenvalue weighted by atomic mass is 16.4. The van der Waals surface area contributed by atoms with Gasteiger partial charge < -0.3 is 10.2 Å². The molecule has 0 bridgehead atoms. The Bertz CT molecular complexity index is 452. The van der Waals surface area contributed by atoms with E-state index in [0.717, 1.165) is 6.42 Å². The summed E-state index contributed by atoms with van der Waals surface area (Å²) in [6.45, 7) is 0.240. The number of hydrogen-bond acceptors (Lipinski definition) is 2. The average Bonchev–Trinajstić information content (AvgIpc) is 2.42. The largest absolute Gasteiger partial charge is 0.478 e. The third-order valence-corrected chi connectivity index (χ3v) is 2.26. The van der Waals surface area contributed by atoms with E-state index in [1.165, 1.54) is 5.56 Å². The number of carboxylic acid groups (broad SMARTS) is 1. The zero-order valence-corrected chi connectivity index (χ0v) is 9.99. The van der Waals surface area contributed by atoms with E-state index in [1.807, 2.05) is 30.3 Å². The summed E-state index contributed by atoms with van der Waals surface area (Å²) in [4.78, 5) is 10.2. The molecular weight excluding hydrogens is 228 g/mol. The quantitative estimate of drug-likeness (QED) is 0.872. The first kappa shape index (κ1) is 13.9. The van der Waals surface area contributed by atoms with E-state index in [-0.39, 0.29) is 6.61 Å². The Balaban J connectivity index is 0.000000180. The highest BCUT2D eigenvalue weighted by Crippen LogP contribution is 1.97. The number of aromatic carboxylic acids is 1. The first-order chi connectivity index (χ1) is 8.74. The molecule has 2 rings (SSSR count). The molecule has 2 N–H and O–H groups in total. The Hall–Kier alpha value is -2.13. The molecule has 0 aliphatic rings. The van der Waals surface area contributed by atoms with Crippen LogP contribution in [0.25, 0.3) is 0 Å². The van der Waals surface area contributed by atoms with Gasteiger partial charge in [0.15, 0.2) is 0 Å². The number of aliphatic hydroxyl groups excluding tert-OH is 1. The summed E-state index contributed by atoms with van der Waals surface area (Å²) in [6, 6.07) is 18.2. The lowest BCUT2D eigenvalue weighted by Crippen LogP contribution is -1.93. The highest BCUT2D eigenvalue weighted by molar-refractivity contribution is 5.87. The Morgan fingerprint density at radius 1 is 0.889 bits per heavy atom. The second-order valence-electron chi connectivity index (χ2n) is 3.63. The molecule has 2 aromatic carbocycles. The standard InChI is InChI=1S/C8H10O.C7H6O2/c9-7-6-8-4-2-1-3-5-8;8-7(9)6-4-2-1-3-5-6/h1-5,9H,6-7H2;1-5H,(H,8,9). The van der Waals surface area contributed by atoms with Crippen molar-refractivity contribution in [3.8, 4) is 0 Å². The Kier molecular flexibility index (Phi) is 6.22. The predicted molar refractivity (Wildman–Crippen MR) is 70.6 cm³/mol. The van der Waals surface area contributed by atoms with Gasteiger partial charge in [0.25, 0.3) is 0 Å². The fraction of sp³-hybridized carbons (Fsp3) is 0.133. The van der Waals surface area contributed by atoms with Crippen LogP contribution in [0.3, 0.4) is 0 Å². The summed E-state index contributed by atoms with van der Waals surface area (Å²) in [6.07, 6.45) is 0.765. The van der Waals surface area contributed by atoms with E-state index in [4.69, 9.17) is 10.2 Å². The summed E-state index contributed by atoms with van der Waals surface area (Å²) in [5.74, 6) is -0.879. The van der Waals surface area contributed by atoms with Crippen LogP contribution in [0.15, 0.2) is 60.7 Å². The normalized spacial score (nSPS) is 9.17. The van der Waals surface area contributed by atoms with Crippen molar-refractivity contribution in [2.75, 3.05) is 6.61 Å². The van der Waals surface area contributed by atoms with Crippen LogP contribution in [0.2, 0.25) is 0 Å². The number of carboxylic acids is 1. The van der Waals surface area contributed by atoms with Gasteiger partial charge in [-0.15, -0.1) is 0 Å². The lowest BCUT2D eigenvalue weighted by atomic mass is 10.2. The van der Waals surface area contributed by atoms with E-state index >= 15 is 0 Å². The van der Waals surface area contributed by atoms with Gasteiger partial charge in [0.05, 0.1) is 5.56 Å². The molecule has 3 nitrogen and oxygen atoms in total. The summed E-state index contributed by atoms with van der Waals surface area (Å²) in [5, 5.41) is 16.9. The maximum Gasteiger partial charge on any atom is 0.335 e. The molecule has 0 aliphatic carbocycles. The van der Waals surface area contributed by atoms with Gasteiger partial charge in [0, 0.05) is 6.61 Å². The van der Waals surface area contributed by atoms with Gasteiger partial charge in [-0.1, -0.05) is 48.5 Å². The fourth-order valence-electron chi connectivity index (χ4n) is 1.35. The highest BCUT2D eigenvalue weighted by Gasteiger charge is 1.96. The average molecular weight is 244 g/mol. The molecule has 0 saturated carbocycles. The molecule has 0 radical (unpaired) electrons. The molecule has 0 atom stereocenters. The smallest absolute Gasteiger partial charge is 0.335 e. The van der Waals surface area contributed by atoms with Crippen LogP contribution in [0.1, 0.15) is 15.9 Å². The van der Waals surface area contributed by atoms with Crippen LogP contribution in [-0.4, -0.2) is 22.8 Å². The van der Waals surface area contributed by atoms with Crippen molar-refractivity contribution < 1.29 is 15.0 Å². The summed E-state index contributed by atoms with van der Waals surface area (Å²) in [5.41, 5.74) is 1.53. The van der Waals surface area contributed by atoms with Crippen LogP contribution in [0.5, 0.6) is 0 Å². The topological polar surface area (TPSA) is 57.5 Å². The van der Waals surface area contributed by atoms with Gasteiger partial charge in [-0.2, -0.15) is 0 Å². The lowest BCUT2D eigenvalue weighted by molar-refractivity contribution is 0.0697.